The van der Waals surface area contributed by atoms with Gasteiger partial charge in [-0.1, -0.05) is 20.8 Å². The quantitative estimate of drug-likeness (QED) is 0.622. The maximum Gasteiger partial charge on any atom is 0.338 e. The van der Waals surface area contributed by atoms with E-state index in [9.17, 15) is 9.18 Å². The molecule has 0 aliphatic heterocycles. The Bertz CT molecular complexity index is 498. The number of hydrogen-bond acceptors (Lipinski definition) is 4. The van der Waals surface area contributed by atoms with Crippen molar-refractivity contribution in [2.75, 3.05) is 17.7 Å². The number of hydrogen-bond donors (Lipinski definition) is 4. The molecule has 1 aromatic rings. The first-order valence-corrected chi connectivity index (χ1v) is 6.36. The molecular formula is C14H21FN2O3. The van der Waals surface area contributed by atoms with Crippen LogP contribution >= 0.6 is 0 Å². The number of carboxylic acid groups (broad SMARTS) is 1. The zero-order chi connectivity index (χ0) is 15.5. The number of aromatic carboxylic acids is 1. The standard InChI is InChI=1S/C14H21FN2O3/c1-14(2,3)12(4-5-18)17-11-7-9(15)8(13(19)20)6-10(11)16/h6-7,12,17-18H,4-5,16H2,1-3H3,(H,19,20). The first-order chi connectivity index (χ1) is 9.16. The highest BCUT2D eigenvalue weighted by Gasteiger charge is 2.25. The molecule has 0 aliphatic carbocycles. The Kier molecular flexibility index (Phi) is 4.94. The first-order valence-electron chi connectivity index (χ1n) is 6.36. The van der Waals surface area contributed by atoms with Gasteiger partial charge in [0.05, 0.1) is 16.9 Å². The molecule has 0 saturated carbocycles. The number of nitrogens with two attached hydrogens (primary N) is 1. The maximum atomic E-state index is 13.7. The van der Waals surface area contributed by atoms with Gasteiger partial charge in [-0.3, -0.25) is 0 Å². The number of halogens is 1. The minimum atomic E-state index is -1.36. The molecule has 0 fully saturated rings. The van der Waals surface area contributed by atoms with Crippen molar-refractivity contribution in [3.8, 4) is 0 Å². The summed E-state index contributed by atoms with van der Waals surface area (Å²) < 4.78 is 13.7. The number of nitrogen functional groups attached to an aromatic ring is 1. The molecule has 112 valence electrons. The lowest BCUT2D eigenvalue weighted by Crippen LogP contribution is -2.35. The third-order valence-electron chi connectivity index (χ3n) is 3.16. The zero-order valence-electron chi connectivity index (χ0n) is 11.9. The third kappa shape index (κ3) is 3.84. The minimum Gasteiger partial charge on any atom is -0.478 e. The molecule has 0 bridgehead atoms. The van der Waals surface area contributed by atoms with Gasteiger partial charge in [-0.15, -0.1) is 0 Å². The lowest BCUT2D eigenvalue weighted by molar-refractivity contribution is 0.0692. The highest BCUT2D eigenvalue weighted by atomic mass is 19.1. The summed E-state index contributed by atoms with van der Waals surface area (Å²) in [4.78, 5) is 10.8. The van der Waals surface area contributed by atoms with E-state index in [1.54, 1.807) is 0 Å². The molecule has 1 unspecified atom stereocenters. The van der Waals surface area contributed by atoms with Gasteiger partial charge < -0.3 is 21.3 Å². The van der Waals surface area contributed by atoms with Crippen molar-refractivity contribution < 1.29 is 19.4 Å². The van der Waals surface area contributed by atoms with E-state index in [-0.39, 0.29) is 23.8 Å². The van der Waals surface area contributed by atoms with Gasteiger partial charge in [0.25, 0.3) is 0 Å². The Morgan fingerprint density at radius 3 is 2.50 bits per heavy atom. The lowest BCUT2D eigenvalue weighted by Gasteiger charge is -2.32. The summed E-state index contributed by atoms with van der Waals surface area (Å²) >= 11 is 0. The van der Waals surface area contributed by atoms with Crippen LogP contribution in [0.5, 0.6) is 0 Å². The number of carbonyl (C=O) groups is 1. The van der Waals surface area contributed by atoms with Crippen LogP contribution in [-0.2, 0) is 0 Å². The second-order valence-corrected chi connectivity index (χ2v) is 5.80. The van der Waals surface area contributed by atoms with E-state index in [4.69, 9.17) is 15.9 Å². The largest absolute Gasteiger partial charge is 0.478 e. The number of benzene rings is 1. The SMILES string of the molecule is CC(C)(C)C(CCO)Nc1cc(F)c(C(=O)O)cc1N. The van der Waals surface area contributed by atoms with E-state index >= 15 is 0 Å². The molecule has 0 amide bonds. The first kappa shape index (κ1) is 16.2. The molecule has 6 heteroatoms. The van der Waals surface area contributed by atoms with Crippen molar-refractivity contribution in [3.05, 3.63) is 23.5 Å². The fraction of sp³-hybridized carbons (Fsp3) is 0.500. The van der Waals surface area contributed by atoms with E-state index in [1.165, 1.54) is 0 Å². The average molecular weight is 284 g/mol. The molecule has 0 saturated heterocycles. The molecule has 1 rings (SSSR count). The van der Waals surface area contributed by atoms with E-state index in [2.05, 4.69) is 5.32 Å². The number of carboxylic acids is 1. The Morgan fingerprint density at radius 1 is 1.45 bits per heavy atom. The van der Waals surface area contributed by atoms with E-state index in [0.717, 1.165) is 12.1 Å². The van der Waals surface area contributed by atoms with Gasteiger partial charge in [-0.25, -0.2) is 9.18 Å². The molecule has 0 heterocycles. The van der Waals surface area contributed by atoms with Crippen molar-refractivity contribution in [2.45, 2.75) is 33.2 Å². The van der Waals surface area contributed by atoms with Crippen LogP contribution in [0.1, 0.15) is 37.6 Å². The number of nitrogens with one attached hydrogen (secondary N) is 1. The second-order valence-electron chi connectivity index (χ2n) is 5.80. The van der Waals surface area contributed by atoms with Gasteiger partial charge in [0.15, 0.2) is 0 Å². The summed E-state index contributed by atoms with van der Waals surface area (Å²) in [6, 6.07) is 2.05. The smallest absolute Gasteiger partial charge is 0.338 e. The topological polar surface area (TPSA) is 95.6 Å². The Morgan fingerprint density at radius 2 is 2.05 bits per heavy atom. The van der Waals surface area contributed by atoms with Gasteiger partial charge in [-0.05, 0) is 24.0 Å². The highest BCUT2D eigenvalue weighted by Crippen LogP contribution is 2.29. The van der Waals surface area contributed by atoms with E-state index in [0.29, 0.717) is 12.1 Å². The summed E-state index contributed by atoms with van der Waals surface area (Å²) in [6.07, 6.45) is 0.477. The Balaban J connectivity index is 3.08. The van der Waals surface area contributed by atoms with Gasteiger partial charge in [-0.2, -0.15) is 0 Å². The molecule has 0 aliphatic rings. The number of aliphatic hydroxyl groups excluding tert-OH is 1. The Hall–Kier alpha value is -1.82. The molecule has 1 atom stereocenters. The second kappa shape index (κ2) is 6.09. The van der Waals surface area contributed by atoms with Crippen LogP contribution in [0.3, 0.4) is 0 Å². The van der Waals surface area contributed by atoms with Crippen LogP contribution in [0.2, 0.25) is 0 Å². The summed E-state index contributed by atoms with van der Waals surface area (Å²) in [5.74, 6) is -2.20. The summed E-state index contributed by atoms with van der Waals surface area (Å²) in [7, 11) is 0. The fourth-order valence-electron chi connectivity index (χ4n) is 1.92. The van der Waals surface area contributed by atoms with Crippen molar-refractivity contribution in [2.24, 2.45) is 5.41 Å². The molecule has 0 spiro atoms. The van der Waals surface area contributed by atoms with Gasteiger partial charge in [0.2, 0.25) is 0 Å². The highest BCUT2D eigenvalue weighted by molar-refractivity contribution is 5.90. The van der Waals surface area contributed by atoms with E-state index in [1.807, 2.05) is 20.8 Å². The number of aliphatic hydroxyl groups is 1. The summed E-state index contributed by atoms with van der Waals surface area (Å²) in [6.45, 7) is 5.94. The Labute approximate surface area is 117 Å². The zero-order valence-corrected chi connectivity index (χ0v) is 11.9. The molecule has 0 aromatic heterocycles. The lowest BCUT2D eigenvalue weighted by atomic mass is 9.84. The predicted molar refractivity (Wildman–Crippen MR) is 76.3 cm³/mol. The maximum absolute atomic E-state index is 13.7. The summed E-state index contributed by atoms with van der Waals surface area (Å²) in [5, 5.41) is 21.0. The minimum absolute atomic E-state index is 0.00939. The van der Waals surface area contributed by atoms with Crippen molar-refractivity contribution in [3.63, 3.8) is 0 Å². The van der Waals surface area contributed by atoms with Crippen LogP contribution in [0.15, 0.2) is 12.1 Å². The molecule has 5 nitrogen and oxygen atoms in total. The van der Waals surface area contributed by atoms with Crippen LogP contribution < -0.4 is 11.1 Å². The number of anilines is 2. The number of rotatable bonds is 5. The van der Waals surface area contributed by atoms with E-state index < -0.39 is 17.3 Å². The van der Waals surface area contributed by atoms with Gasteiger partial charge >= 0.3 is 5.97 Å². The molecular weight excluding hydrogens is 263 g/mol. The monoisotopic (exact) mass is 284 g/mol. The van der Waals surface area contributed by atoms with Crippen molar-refractivity contribution in [1.29, 1.82) is 0 Å². The van der Waals surface area contributed by atoms with Crippen LogP contribution in [0, 0.1) is 11.2 Å². The molecule has 5 N–H and O–H groups in total. The van der Waals surface area contributed by atoms with Crippen molar-refractivity contribution >= 4 is 17.3 Å². The van der Waals surface area contributed by atoms with Crippen molar-refractivity contribution in [1.82, 2.24) is 0 Å². The third-order valence-corrected chi connectivity index (χ3v) is 3.16. The van der Waals surface area contributed by atoms with Crippen LogP contribution in [0.25, 0.3) is 0 Å². The predicted octanol–water partition coefficient (Wildman–Crippen LogP) is 2.32. The fourth-order valence-corrected chi connectivity index (χ4v) is 1.92. The van der Waals surface area contributed by atoms with Gasteiger partial charge in [0, 0.05) is 12.6 Å². The van der Waals surface area contributed by atoms with Gasteiger partial charge in [0.1, 0.15) is 5.82 Å². The molecule has 20 heavy (non-hydrogen) atoms. The average Bonchev–Trinajstić information content (AvgIpc) is 2.31. The molecule has 1 aromatic carbocycles. The van der Waals surface area contributed by atoms with Crippen LogP contribution in [-0.4, -0.2) is 28.8 Å². The molecule has 0 radical (unpaired) electrons. The normalized spacial score (nSPS) is 13.1. The van der Waals surface area contributed by atoms with Crippen LogP contribution in [0.4, 0.5) is 15.8 Å². The summed E-state index contributed by atoms with van der Waals surface area (Å²) in [5.41, 5.74) is 5.63.